The first kappa shape index (κ1) is 18.8. The molecule has 0 saturated heterocycles. The number of benzene rings is 1. The van der Waals surface area contributed by atoms with Gasteiger partial charge >= 0.3 is 5.97 Å². The van der Waals surface area contributed by atoms with Crippen molar-refractivity contribution in [1.29, 1.82) is 0 Å². The highest BCUT2D eigenvalue weighted by Gasteiger charge is 2.17. The zero-order valence-corrected chi connectivity index (χ0v) is 13.7. The molecular weight excluding hydrogens is 302 g/mol. The third-order valence-corrected chi connectivity index (χ3v) is 3.13. The second kappa shape index (κ2) is 9.68. The summed E-state index contributed by atoms with van der Waals surface area (Å²) in [7, 11) is 2.81. The average molecular weight is 325 g/mol. The number of anilines is 1. The number of amides is 1. The second-order valence-electron chi connectivity index (χ2n) is 4.87. The van der Waals surface area contributed by atoms with Crippen molar-refractivity contribution in [3.63, 3.8) is 0 Å². The first-order valence-corrected chi connectivity index (χ1v) is 7.40. The number of unbranched alkanes of at least 4 members (excludes halogenated alkanes) is 2. The summed E-state index contributed by atoms with van der Waals surface area (Å²) in [5.41, 5.74) is 0.216. The van der Waals surface area contributed by atoms with Gasteiger partial charge in [-0.1, -0.05) is 19.8 Å². The fraction of sp³-hybridized carbons (Fsp3) is 0.500. The van der Waals surface area contributed by atoms with Crippen LogP contribution in [0.1, 0.15) is 36.5 Å². The van der Waals surface area contributed by atoms with E-state index < -0.39 is 5.97 Å². The standard InChI is InChI=1S/C16H23NO6/c1-4-5-6-7-23-10-14(18)17-12-8-11(16(19)20)9-13(21-2)15(12)22-3/h8-9H,4-7,10H2,1-3H3,(H,17,18)(H,19,20). The highest BCUT2D eigenvalue weighted by molar-refractivity contribution is 5.97. The molecule has 0 fully saturated rings. The van der Waals surface area contributed by atoms with E-state index in [0.717, 1.165) is 19.3 Å². The Balaban J connectivity index is 2.79. The van der Waals surface area contributed by atoms with E-state index in [1.165, 1.54) is 26.4 Å². The Morgan fingerprint density at radius 3 is 2.48 bits per heavy atom. The summed E-state index contributed by atoms with van der Waals surface area (Å²) >= 11 is 0. The molecule has 1 aromatic rings. The smallest absolute Gasteiger partial charge is 0.335 e. The van der Waals surface area contributed by atoms with Gasteiger partial charge in [0.1, 0.15) is 6.61 Å². The van der Waals surface area contributed by atoms with Crippen LogP contribution in [0.25, 0.3) is 0 Å². The molecule has 0 saturated carbocycles. The fourth-order valence-corrected chi connectivity index (χ4v) is 1.99. The van der Waals surface area contributed by atoms with Crippen molar-refractivity contribution in [2.24, 2.45) is 0 Å². The topological polar surface area (TPSA) is 94.1 Å². The maximum atomic E-state index is 11.9. The van der Waals surface area contributed by atoms with Crippen LogP contribution >= 0.6 is 0 Å². The van der Waals surface area contributed by atoms with Crippen LogP contribution in [0.4, 0.5) is 5.69 Å². The molecule has 0 atom stereocenters. The van der Waals surface area contributed by atoms with Crippen molar-refractivity contribution in [2.45, 2.75) is 26.2 Å². The van der Waals surface area contributed by atoms with E-state index in [2.05, 4.69) is 12.2 Å². The Morgan fingerprint density at radius 2 is 1.91 bits per heavy atom. The summed E-state index contributed by atoms with van der Waals surface area (Å²) in [5, 5.41) is 11.7. The van der Waals surface area contributed by atoms with Crippen LogP contribution in [0.2, 0.25) is 0 Å². The van der Waals surface area contributed by atoms with Gasteiger partial charge in [0.25, 0.3) is 0 Å². The number of hydrogen-bond acceptors (Lipinski definition) is 5. The summed E-state index contributed by atoms with van der Waals surface area (Å²) in [4.78, 5) is 23.1. The van der Waals surface area contributed by atoms with Crippen LogP contribution in [-0.4, -0.2) is 44.4 Å². The predicted molar refractivity (Wildman–Crippen MR) is 85.5 cm³/mol. The summed E-state index contributed by atoms with van der Waals surface area (Å²) in [6.07, 6.45) is 3.03. The normalized spacial score (nSPS) is 10.2. The minimum atomic E-state index is -1.13. The molecule has 1 amide bonds. The van der Waals surface area contributed by atoms with Crippen LogP contribution < -0.4 is 14.8 Å². The predicted octanol–water partition coefficient (Wildman–Crippen LogP) is 2.55. The molecule has 1 rings (SSSR count). The lowest BCUT2D eigenvalue weighted by Crippen LogP contribution is -2.19. The Kier molecular flexibility index (Phi) is 7.90. The molecule has 0 aliphatic heterocycles. The number of carboxylic acids is 1. The second-order valence-corrected chi connectivity index (χ2v) is 4.87. The Hall–Kier alpha value is -2.28. The number of carboxylic acid groups (broad SMARTS) is 1. The van der Waals surface area contributed by atoms with Gasteiger partial charge in [-0.25, -0.2) is 4.79 Å². The molecule has 128 valence electrons. The molecule has 0 radical (unpaired) electrons. The van der Waals surface area contributed by atoms with Gasteiger partial charge in [0.05, 0.1) is 25.5 Å². The maximum Gasteiger partial charge on any atom is 0.335 e. The molecule has 0 spiro atoms. The van der Waals surface area contributed by atoms with E-state index >= 15 is 0 Å². The lowest BCUT2D eigenvalue weighted by atomic mass is 10.1. The molecule has 0 aliphatic rings. The molecule has 1 aromatic carbocycles. The first-order valence-electron chi connectivity index (χ1n) is 7.40. The molecule has 0 unspecified atom stereocenters. The third-order valence-electron chi connectivity index (χ3n) is 3.13. The van der Waals surface area contributed by atoms with E-state index in [9.17, 15) is 9.59 Å². The Morgan fingerprint density at radius 1 is 1.17 bits per heavy atom. The van der Waals surface area contributed by atoms with Gasteiger partial charge in [-0.3, -0.25) is 4.79 Å². The number of methoxy groups -OCH3 is 2. The summed E-state index contributed by atoms with van der Waals surface area (Å²) in [6.45, 7) is 2.49. The fourth-order valence-electron chi connectivity index (χ4n) is 1.99. The van der Waals surface area contributed by atoms with E-state index in [0.29, 0.717) is 6.61 Å². The van der Waals surface area contributed by atoms with Gasteiger partial charge in [-0.05, 0) is 18.6 Å². The minimum absolute atomic E-state index is 0.0122. The molecule has 0 bridgehead atoms. The maximum absolute atomic E-state index is 11.9. The van der Waals surface area contributed by atoms with Gasteiger partial charge in [0, 0.05) is 6.61 Å². The Labute approximate surface area is 135 Å². The van der Waals surface area contributed by atoms with Crippen molar-refractivity contribution in [3.05, 3.63) is 17.7 Å². The number of rotatable bonds is 10. The first-order chi connectivity index (χ1) is 11.0. The zero-order valence-electron chi connectivity index (χ0n) is 13.7. The van der Waals surface area contributed by atoms with Crippen molar-refractivity contribution < 1.29 is 28.9 Å². The van der Waals surface area contributed by atoms with E-state index in [1.54, 1.807) is 0 Å². The lowest BCUT2D eigenvalue weighted by Gasteiger charge is -2.14. The van der Waals surface area contributed by atoms with E-state index in [1.807, 2.05) is 0 Å². The summed E-state index contributed by atoms with van der Waals surface area (Å²) in [5.74, 6) is -1.02. The number of ether oxygens (including phenoxy) is 3. The third kappa shape index (κ3) is 5.78. The molecule has 7 heteroatoms. The monoisotopic (exact) mass is 325 g/mol. The van der Waals surface area contributed by atoms with Gasteiger partial charge in [-0.2, -0.15) is 0 Å². The van der Waals surface area contributed by atoms with E-state index in [-0.39, 0.29) is 35.3 Å². The Bertz CT molecular complexity index is 544. The number of hydrogen-bond donors (Lipinski definition) is 2. The van der Waals surface area contributed by atoms with Crippen molar-refractivity contribution in [3.8, 4) is 11.5 Å². The largest absolute Gasteiger partial charge is 0.493 e. The molecular formula is C16H23NO6. The quantitative estimate of drug-likeness (QED) is 0.642. The summed E-state index contributed by atoms with van der Waals surface area (Å²) < 4.78 is 15.6. The number of carbonyl (C=O) groups is 2. The van der Waals surface area contributed by atoms with Crippen LogP contribution in [-0.2, 0) is 9.53 Å². The SMILES string of the molecule is CCCCCOCC(=O)Nc1cc(C(=O)O)cc(OC)c1OC. The molecule has 0 aromatic heterocycles. The zero-order chi connectivity index (χ0) is 17.2. The van der Waals surface area contributed by atoms with Gasteiger partial charge < -0.3 is 24.6 Å². The average Bonchev–Trinajstić information content (AvgIpc) is 2.53. The molecule has 23 heavy (non-hydrogen) atoms. The van der Waals surface area contributed by atoms with Crippen molar-refractivity contribution in [1.82, 2.24) is 0 Å². The number of nitrogens with one attached hydrogen (secondary N) is 1. The lowest BCUT2D eigenvalue weighted by molar-refractivity contribution is -0.120. The van der Waals surface area contributed by atoms with Gasteiger partial charge in [0.15, 0.2) is 11.5 Å². The molecule has 2 N–H and O–H groups in total. The van der Waals surface area contributed by atoms with Crippen molar-refractivity contribution >= 4 is 17.6 Å². The minimum Gasteiger partial charge on any atom is -0.493 e. The molecule has 7 nitrogen and oxygen atoms in total. The van der Waals surface area contributed by atoms with Crippen LogP contribution in [0.3, 0.4) is 0 Å². The molecule has 0 aliphatic carbocycles. The van der Waals surface area contributed by atoms with Crippen LogP contribution in [0, 0.1) is 0 Å². The molecule has 0 heterocycles. The van der Waals surface area contributed by atoms with E-state index in [4.69, 9.17) is 19.3 Å². The number of carbonyl (C=O) groups excluding carboxylic acids is 1. The summed E-state index contributed by atoms with van der Waals surface area (Å²) in [6, 6.07) is 2.65. The highest BCUT2D eigenvalue weighted by atomic mass is 16.5. The van der Waals surface area contributed by atoms with Crippen LogP contribution in [0.15, 0.2) is 12.1 Å². The highest BCUT2D eigenvalue weighted by Crippen LogP contribution is 2.36. The van der Waals surface area contributed by atoms with Gasteiger partial charge in [-0.15, -0.1) is 0 Å². The number of aromatic carboxylic acids is 1. The van der Waals surface area contributed by atoms with Crippen molar-refractivity contribution in [2.75, 3.05) is 32.8 Å². The van der Waals surface area contributed by atoms with Crippen LogP contribution in [0.5, 0.6) is 11.5 Å². The van der Waals surface area contributed by atoms with Gasteiger partial charge in [0.2, 0.25) is 5.91 Å².